The van der Waals surface area contributed by atoms with Crippen LogP contribution in [0.3, 0.4) is 0 Å². The molecule has 0 spiro atoms. The summed E-state index contributed by atoms with van der Waals surface area (Å²) in [5.41, 5.74) is 5.79. The first-order chi connectivity index (χ1) is 8.83. The number of carbonyl (C=O) groups excluding carboxylic acids is 1. The molecule has 19 heavy (non-hydrogen) atoms. The van der Waals surface area contributed by atoms with Crippen molar-refractivity contribution >= 4 is 21.6 Å². The predicted molar refractivity (Wildman–Crippen MR) is 73.9 cm³/mol. The van der Waals surface area contributed by atoms with Crippen molar-refractivity contribution in [2.45, 2.75) is 31.2 Å². The Balaban J connectivity index is 2.58. The van der Waals surface area contributed by atoms with Gasteiger partial charge in [0.05, 0.1) is 5.69 Å². The quantitative estimate of drug-likeness (QED) is 0.661. The summed E-state index contributed by atoms with van der Waals surface area (Å²) in [7, 11) is -3.67. The molecule has 0 aromatic heterocycles. The second kappa shape index (κ2) is 6.53. The molecule has 4 N–H and O–H groups in total. The van der Waals surface area contributed by atoms with Crippen molar-refractivity contribution in [3.63, 3.8) is 0 Å². The second-order valence-corrected chi connectivity index (χ2v) is 6.14. The Morgan fingerprint density at radius 2 is 1.95 bits per heavy atom. The predicted octanol–water partition coefficient (Wildman–Crippen LogP) is 0.462. The lowest BCUT2D eigenvalue weighted by molar-refractivity contribution is -0.121. The highest BCUT2D eigenvalue weighted by Crippen LogP contribution is 2.16. The first-order valence-corrected chi connectivity index (χ1v) is 7.45. The van der Waals surface area contributed by atoms with Gasteiger partial charge < -0.3 is 11.1 Å². The zero-order valence-electron chi connectivity index (χ0n) is 11.0. The van der Waals surface area contributed by atoms with Crippen molar-refractivity contribution in [2.75, 3.05) is 12.3 Å². The zero-order chi connectivity index (χ0) is 14.5. The number of rotatable bonds is 6. The molecule has 106 valence electrons. The van der Waals surface area contributed by atoms with Crippen LogP contribution in [0.1, 0.15) is 20.3 Å². The van der Waals surface area contributed by atoms with Crippen LogP contribution in [0, 0.1) is 0 Å². The third kappa shape index (κ3) is 4.88. The van der Waals surface area contributed by atoms with Crippen molar-refractivity contribution < 1.29 is 13.2 Å². The van der Waals surface area contributed by atoms with E-state index in [2.05, 4.69) is 10.0 Å². The number of hydrogen-bond donors (Lipinski definition) is 3. The smallest absolute Gasteiger partial charge is 0.242 e. The Bertz CT molecular complexity index is 541. The van der Waals surface area contributed by atoms with Crippen LogP contribution in [0.15, 0.2) is 29.2 Å². The van der Waals surface area contributed by atoms with Crippen LogP contribution in [0.2, 0.25) is 0 Å². The Morgan fingerprint density at radius 1 is 1.32 bits per heavy atom. The first kappa shape index (κ1) is 15.5. The first-order valence-electron chi connectivity index (χ1n) is 5.96. The summed E-state index contributed by atoms with van der Waals surface area (Å²) in [5, 5.41) is 2.68. The highest BCUT2D eigenvalue weighted by molar-refractivity contribution is 7.89. The van der Waals surface area contributed by atoms with Crippen molar-refractivity contribution in [1.29, 1.82) is 0 Å². The molecule has 0 atom stereocenters. The van der Waals surface area contributed by atoms with E-state index < -0.39 is 10.0 Å². The van der Waals surface area contributed by atoms with Gasteiger partial charge in [-0.2, -0.15) is 0 Å². The summed E-state index contributed by atoms with van der Waals surface area (Å²) in [5.74, 6) is -0.196. The van der Waals surface area contributed by atoms with Gasteiger partial charge in [0.25, 0.3) is 0 Å². The molecule has 1 rings (SSSR count). The number of nitrogen functional groups attached to an aromatic ring is 1. The van der Waals surface area contributed by atoms with Gasteiger partial charge in [0.1, 0.15) is 4.90 Å². The lowest BCUT2D eigenvalue weighted by atomic mass is 10.3. The van der Waals surface area contributed by atoms with Gasteiger partial charge in [-0.25, -0.2) is 13.1 Å². The van der Waals surface area contributed by atoms with E-state index in [1.165, 1.54) is 12.1 Å². The van der Waals surface area contributed by atoms with Gasteiger partial charge in [-0.1, -0.05) is 12.1 Å². The number of benzene rings is 1. The molecule has 1 amide bonds. The fourth-order valence-electron chi connectivity index (χ4n) is 1.50. The van der Waals surface area contributed by atoms with Crippen molar-refractivity contribution in [2.24, 2.45) is 0 Å². The average Bonchev–Trinajstić information content (AvgIpc) is 2.27. The molecule has 0 aliphatic rings. The Hall–Kier alpha value is -1.60. The SMILES string of the molecule is CC(C)NC(=O)CCNS(=O)(=O)c1ccccc1N. The number of carbonyl (C=O) groups is 1. The highest BCUT2D eigenvalue weighted by Gasteiger charge is 2.16. The minimum atomic E-state index is -3.67. The van der Waals surface area contributed by atoms with E-state index in [0.717, 1.165) is 0 Å². The van der Waals surface area contributed by atoms with E-state index >= 15 is 0 Å². The Morgan fingerprint density at radius 3 is 2.53 bits per heavy atom. The maximum Gasteiger partial charge on any atom is 0.242 e. The summed E-state index contributed by atoms with van der Waals surface area (Å²) in [4.78, 5) is 11.4. The molecular weight excluding hydrogens is 266 g/mol. The molecule has 0 saturated heterocycles. The van der Waals surface area contributed by atoms with Crippen LogP contribution >= 0.6 is 0 Å². The molecule has 0 heterocycles. The van der Waals surface area contributed by atoms with Crippen LogP contribution in [-0.4, -0.2) is 26.9 Å². The highest BCUT2D eigenvalue weighted by atomic mass is 32.2. The summed E-state index contributed by atoms with van der Waals surface area (Å²) in [6, 6.07) is 6.22. The van der Waals surface area contributed by atoms with Crippen LogP contribution in [0.4, 0.5) is 5.69 Å². The second-order valence-electron chi connectivity index (χ2n) is 4.41. The summed E-state index contributed by atoms with van der Waals surface area (Å²) in [6.07, 6.45) is 0.0874. The molecule has 7 heteroatoms. The number of sulfonamides is 1. The number of amides is 1. The number of nitrogens with one attached hydrogen (secondary N) is 2. The van der Waals surface area contributed by atoms with Gasteiger partial charge >= 0.3 is 0 Å². The van der Waals surface area contributed by atoms with Crippen LogP contribution in [0.5, 0.6) is 0 Å². The molecular formula is C12H19N3O3S. The fourth-order valence-corrected chi connectivity index (χ4v) is 2.66. The van der Waals surface area contributed by atoms with E-state index in [1.54, 1.807) is 12.1 Å². The maximum atomic E-state index is 11.9. The lowest BCUT2D eigenvalue weighted by Gasteiger charge is -2.10. The molecule has 0 bridgehead atoms. The van der Waals surface area contributed by atoms with Gasteiger partial charge in [-0.15, -0.1) is 0 Å². The largest absolute Gasteiger partial charge is 0.398 e. The van der Waals surface area contributed by atoms with Crippen LogP contribution in [-0.2, 0) is 14.8 Å². The molecule has 0 aliphatic carbocycles. The molecule has 0 fully saturated rings. The third-order valence-electron chi connectivity index (χ3n) is 2.30. The van der Waals surface area contributed by atoms with Crippen molar-refractivity contribution in [3.05, 3.63) is 24.3 Å². The number of hydrogen-bond acceptors (Lipinski definition) is 4. The number of anilines is 1. The molecule has 0 aliphatic heterocycles. The van der Waals surface area contributed by atoms with Gasteiger partial charge in [0.2, 0.25) is 15.9 Å². The van der Waals surface area contributed by atoms with E-state index in [1.807, 2.05) is 13.8 Å². The van der Waals surface area contributed by atoms with Crippen LogP contribution < -0.4 is 15.8 Å². The van der Waals surface area contributed by atoms with Gasteiger partial charge in [-0.3, -0.25) is 4.79 Å². The number of nitrogens with two attached hydrogens (primary N) is 1. The normalized spacial score (nSPS) is 11.5. The molecule has 1 aromatic rings. The van der Waals surface area contributed by atoms with E-state index in [0.29, 0.717) is 0 Å². The van der Waals surface area contributed by atoms with E-state index in [9.17, 15) is 13.2 Å². The Kier molecular flexibility index (Phi) is 5.31. The molecule has 1 aromatic carbocycles. The Labute approximate surface area is 113 Å². The third-order valence-corrected chi connectivity index (χ3v) is 3.84. The van der Waals surface area contributed by atoms with Gasteiger partial charge in [-0.05, 0) is 26.0 Å². The standard InChI is InChI=1S/C12H19N3O3S/c1-9(2)15-12(16)7-8-14-19(17,18)11-6-4-3-5-10(11)13/h3-6,9,14H,7-8,13H2,1-2H3,(H,15,16). The van der Waals surface area contributed by atoms with Gasteiger partial charge in [0.15, 0.2) is 0 Å². The summed E-state index contributed by atoms with van der Waals surface area (Å²) < 4.78 is 26.2. The molecule has 0 saturated carbocycles. The van der Waals surface area contributed by atoms with Crippen molar-refractivity contribution in [1.82, 2.24) is 10.0 Å². The van der Waals surface area contributed by atoms with E-state index in [4.69, 9.17) is 5.73 Å². The fraction of sp³-hybridized carbons (Fsp3) is 0.417. The van der Waals surface area contributed by atoms with E-state index in [-0.39, 0.29) is 35.5 Å². The minimum Gasteiger partial charge on any atom is -0.398 e. The zero-order valence-corrected chi connectivity index (χ0v) is 11.8. The number of para-hydroxylation sites is 1. The average molecular weight is 285 g/mol. The van der Waals surface area contributed by atoms with Crippen LogP contribution in [0.25, 0.3) is 0 Å². The molecule has 0 unspecified atom stereocenters. The maximum absolute atomic E-state index is 11.9. The topological polar surface area (TPSA) is 101 Å². The summed E-state index contributed by atoms with van der Waals surface area (Å²) >= 11 is 0. The minimum absolute atomic E-state index is 0.0271. The van der Waals surface area contributed by atoms with Gasteiger partial charge in [0, 0.05) is 19.0 Å². The summed E-state index contributed by atoms with van der Waals surface area (Å²) in [6.45, 7) is 3.72. The molecule has 0 radical (unpaired) electrons. The monoisotopic (exact) mass is 285 g/mol. The van der Waals surface area contributed by atoms with Crippen molar-refractivity contribution in [3.8, 4) is 0 Å². The molecule has 6 nitrogen and oxygen atoms in total. The lowest BCUT2D eigenvalue weighted by Crippen LogP contribution is -2.34.